The predicted octanol–water partition coefficient (Wildman–Crippen LogP) is 2.89. The van der Waals surface area contributed by atoms with Crippen molar-refractivity contribution in [3.63, 3.8) is 0 Å². The number of rotatable bonds is 0. The number of aromatic nitrogens is 1. The van der Waals surface area contributed by atoms with Crippen molar-refractivity contribution < 1.29 is 0 Å². The Balaban J connectivity index is 1.44. The maximum absolute atomic E-state index is 4.87. The first-order chi connectivity index (χ1) is 12.8. The lowest BCUT2D eigenvalue weighted by atomic mass is 10.1. The van der Waals surface area contributed by atoms with Gasteiger partial charge < -0.3 is 19.6 Å². The highest BCUT2D eigenvalue weighted by atomic mass is 15.3. The first-order valence-electron chi connectivity index (χ1n) is 9.16. The van der Waals surface area contributed by atoms with E-state index in [2.05, 4.69) is 86.9 Å². The van der Waals surface area contributed by atoms with E-state index in [1.165, 1.54) is 11.1 Å². The summed E-state index contributed by atoms with van der Waals surface area (Å²) in [6.07, 6.45) is 8.73. The van der Waals surface area contributed by atoms with Gasteiger partial charge >= 0.3 is 0 Å². The lowest BCUT2D eigenvalue weighted by Crippen LogP contribution is -2.27. The first kappa shape index (κ1) is 15.3. The molecule has 4 heterocycles. The van der Waals surface area contributed by atoms with Crippen molar-refractivity contribution in [2.45, 2.75) is 26.2 Å². The van der Waals surface area contributed by atoms with Gasteiger partial charge in [0.05, 0.1) is 37.8 Å². The molecular formula is C21H23N5. The third-order valence-corrected chi connectivity index (χ3v) is 5.06. The summed E-state index contributed by atoms with van der Waals surface area (Å²) in [5, 5.41) is 0. The van der Waals surface area contributed by atoms with Gasteiger partial charge in [0.2, 0.25) is 0 Å². The molecule has 2 aromatic rings. The van der Waals surface area contributed by atoms with Gasteiger partial charge in [-0.15, -0.1) is 0 Å². The van der Waals surface area contributed by atoms with Gasteiger partial charge in [-0.2, -0.15) is 0 Å². The molecule has 8 bridgehead atoms. The number of hydrogen-bond donors (Lipinski definition) is 0. The van der Waals surface area contributed by atoms with Crippen LogP contribution in [0.5, 0.6) is 0 Å². The maximum atomic E-state index is 4.87. The van der Waals surface area contributed by atoms with Crippen LogP contribution >= 0.6 is 0 Å². The molecule has 0 N–H and O–H groups in total. The van der Waals surface area contributed by atoms with Gasteiger partial charge in [-0.3, -0.25) is 4.98 Å². The van der Waals surface area contributed by atoms with Gasteiger partial charge in [-0.1, -0.05) is 30.3 Å². The minimum absolute atomic E-state index is 0.850. The van der Waals surface area contributed by atoms with Crippen LogP contribution in [0.2, 0.25) is 0 Å². The zero-order valence-corrected chi connectivity index (χ0v) is 14.8. The fourth-order valence-electron chi connectivity index (χ4n) is 3.86. The molecule has 0 amide bonds. The molecule has 5 nitrogen and oxygen atoms in total. The Morgan fingerprint density at radius 3 is 1.58 bits per heavy atom. The molecule has 0 spiro atoms. The molecule has 3 aliphatic heterocycles. The fraction of sp³-hybridized carbons (Fsp3) is 0.286. The van der Waals surface area contributed by atoms with Gasteiger partial charge in [-0.25, -0.2) is 0 Å². The van der Waals surface area contributed by atoms with Crippen molar-refractivity contribution in [1.82, 2.24) is 24.6 Å². The summed E-state index contributed by atoms with van der Waals surface area (Å²) in [6, 6.07) is 15.3. The van der Waals surface area contributed by atoms with E-state index in [0.29, 0.717) is 0 Å². The molecule has 0 unspecified atom stereocenters. The van der Waals surface area contributed by atoms with Crippen molar-refractivity contribution in [2.75, 3.05) is 13.3 Å². The Kier molecular flexibility index (Phi) is 3.77. The minimum atomic E-state index is 0.850. The summed E-state index contributed by atoms with van der Waals surface area (Å²) in [7, 11) is 0. The topological polar surface area (TPSA) is 25.9 Å². The molecule has 1 aromatic heterocycles. The lowest BCUT2D eigenvalue weighted by molar-refractivity contribution is 0.246. The standard InChI is InChI=1S/C21H23N5/c1-3-18-11-19(4-1)13-24-8-10-26(17-24)15-21-6-2-5-20(22-21)14-25-9-7-23(12-18)16-25/h1-11H,12-17H2. The quantitative estimate of drug-likeness (QED) is 0.731. The second-order valence-electron chi connectivity index (χ2n) is 7.31. The van der Waals surface area contributed by atoms with E-state index in [-0.39, 0.29) is 0 Å². The van der Waals surface area contributed by atoms with Gasteiger partial charge in [0.15, 0.2) is 0 Å². The van der Waals surface area contributed by atoms with E-state index in [1.54, 1.807) is 0 Å². The van der Waals surface area contributed by atoms with Crippen molar-refractivity contribution in [2.24, 2.45) is 0 Å². The third-order valence-electron chi connectivity index (χ3n) is 5.06. The van der Waals surface area contributed by atoms with Crippen molar-refractivity contribution in [3.8, 4) is 0 Å². The summed E-state index contributed by atoms with van der Waals surface area (Å²) in [6.45, 7) is 5.41. The van der Waals surface area contributed by atoms with Crippen LogP contribution in [0, 0.1) is 0 Å². The molecule has 1 aromatic carbocycles. The second-order valence-corrected chi connectivity index (χ2v) is 7.31. The molecule has 26 heavy (non-hydrogen) atoms. The summed E-state index contributed by atoms with van der Waals surface area (Å²) in [4.78, 5) is 14.2. The monoisotopic (exact) mass is 345 g/mol. The molecule has 0 saturated carbocycles. The van der Waals surface area contributed by atoms with Crippen LogP contribution in [0.15, 0.2) is 67.3 Å². The van der Waals surface area contributed by atoms with Crippen LogP contribution in [0.4, 0.5) is 0 Å². The molecular weight excluding hydrogens is 322 g/mol. The SMILES string of the molecule is C1=CN2Cc3cccc(n3)CN3C=CN(Cc4cccc(c4)CN1C2)C3. The van der Waals surface area contributed by atoms with Crippen molar-refractivity contribution in [1.29, 1.82) is 0 Å². The van der Waals surface area contributed by atoms with Gasteiger partial charge in [0.1, 0.15) is 0 Å². The van der Waals surface area contributed by atoms with E-state index in [4.69, 9.17) is 4.98 Å². The number of hydrogen-bond acceptors (Lipinski definition) is 5. The van der Waals surface area contributed by atoms with Gasteiger partial charge in [0.25, 0.3) is 0 Å². The normalized spacial score (nSPS) is 18.8. The first-order valence-corrected chi connectivity index (χ1v) is 9.16. The Labute approximate surface area is 154 Å². The van der Waals surface area contributed by atoms with Crippen LogP contribution in [0.1, 0.15) is 22.5 Å². The van der Waals surface area contributed by atoms with E-state index >= 15 is 0 Å². The zero-order chi connectivity index (χ0) is 17.3. The molecule has 3 aliphatic rings. The molecule has 5 heteroatoms. The largest absolute Gasteiger partial charge is 0.354 e. The Morgan fingerprint density at radius 1 is 0.577 bits per heavy atom. The van der Waals surface area contributed by atoms with E-state index in [9.17, 15) is 0 Å². The van der Waals surface area contributed by atoms with Crippen LogP contribution in [-0.2, 0) is 26.2 Å². The molecule has 0 fully saturated rings. The summed E-state index contributed by atoms with van der Waals surface area (Å²) in [5.74, 6) is 0. The van der Waals surface area contributed by atoms with E-state index in [1.807, 2.05) is 0 Å². The molecule has 0 aliphatic carbocycles. The average molecular weight is 345 g/mol. The molecule has 0 saturated heterocycles. The smallest absolute Gasteiger partial charge is 0.0901 e. The highest BCUT2D eigenvalue weighted by Gasteiger charge is 2.17. The average Bonchev–Trinajstić information content (AvgIpc) is 3.24. The summed E-state index contributed by atoms with van der Waals surface area (Å²) >= 11 is 0. The van der Waals surface area contributed by atoms with Crippen LogP contribution in [0.3, 0.4) is 0 Å². The fourth-order valence-corrected chi connectivity index (χ4v) is 3.86. The molecule has 132 valence electrons. The third kappa shape index (κ3) is 3.25. The van der Waals surface area contributed by atoms with Crippen LogP contribution < -0.4 is 0 Å². The van der Waals surface area contributed by atoms with E-state index in [0.717, 1.165) is 50.9 Å². The minimum Gasteiger partial charge on any atom is -0.354 e. The molecule has 0 atom stereocenters. The number of nitrogens with zero attached hydrogens (tertiary/aromatic N) is 5. The van der Waals surface area contributed by atoms with Gasteiger partial charge in [0, 0.05) is 37.9 Å². The Hall–Kier alpha value is -2.95. The maximum Gasteiger partial charge on any atom is 0.0901 e. The number of pyridine rings is 1. The lowest BCUT2D eigenvalue weighted by Gasteiger charge is -2.24. The Bertz CT molecular complexity index is 729. The highest BCUT2D eigenvalue weighted by Crippen LogP contribution is 2.19. The molecule has 0 radical (unpaired) electrons. The van der Waals surface area contributed by atoms with Gasteiger partial charge in [-0.05, 0) is 23.3 Å². The van der Waals surface area contributed by atoms with E-state index < -0.39 is 0 Å². The summed E-state index contributed by atoms with van der Waals surface area (Å²) < 4.78 is 0. The number of benzene rings is 1. The van der Waals surface area contributed by atoms with Crippen molar-refractivity contribution in [3.05, 3.63) is 89.8 Å². The highest BCUT2D eigenvalue weighted by molar-refractivity contribution is 5.24. The van der Waals surface area contributed by atoms with Crippen LogP contribution in [0.25, 0.3) is 0 Å². The van der Waals surface area contributed by atoms with Crippen molar-refractivity contribution >= 4 is 0 Å². The predicted molar refractivity (Wildman–Crippen MR) is 101 cm³/mol. The Morgan fingerprint density at radius 2 is 1.04 bits per heavy atom. The second kappa shape index (κ2) is 6.41. The zero-order valence-electron chi connectivity index (χ0n) is 14.8. The number of fused-ring (bicyclic) bond motifs is 8. The molecule has 5 rings (SSSR count). The van der Waals surface area contributed by atoms with Crippen LogP contribution in [-0.4, -0.2) is 37.9 Å². The summed E-state index contributed by atoms with van der Waals surface area (Å²) in [5.41, 5.74) is 4.98.